The summed E-state index contributed by atoms with van der Waals surface area (Å²) in [6.07, 6.45) is 1.25. The van der Waals surface area contributed by atoms with Crippen molar-refractivity contribution in [2.75, 3.05) is 33.4 Å². The molecule has 15 heavy (non-hydrogen) atoms. The Kier molecular flexibility index (Phi) is 5.58. The van der Waals surface area contributed by atoms with E-state index in [4.69, 9.17) is 4.74 Å². The van der Waals surface area contributed by atoms with E-state index >= 15 is 0 Å². The highest BCUT2D eigenvalue weighted by Crippen LogP contribution is 2.20. The van der Waals surface area contributed by atoms with E-state index < -0.39 is 0 Å². The van der Waals surface area contributed by atoms with Gasteiger partial charge in [-0.05, 0) is 33.2 Å². The molecule has 0 aromatic heterocycles. The number of nitrogens with zero attached hydrogens (tertiary/aromatic N) is 1. The van der Waals surface area contributed by atoms with Crippen LogP contribution in [-0.4, -0.2) is 50.3 Å². The van der Waals surface area contributed by atoms with E-state index in [0.717, 1.165) is 25.7 Å². The number of nitrogens with one attached hydrogen (secondary N) is 1. The van der Waals surface area contributed by atoms with Crippen LogP contribution in [0.4, 0.5) is 0 Å². The molecule has 3 atom stereocenters. The maximum atomic E-state index is 5.33. The number of likely N-dealkylation sites (tertiary alicyclic amines) is 1. The summed E-state index contributed by atoms with van der Waals surface area (Å²) in [5.41, 5.74) is 0. The van der Waals surface area contributed by atoms with Gasteiger partial charge in [-0.25, -0.2) is 0 Å². The molecule has 1 aliphatic heterocycles. The lowest BCUT2D eigenvalue weighted by molar-refractivity contribution is 0.107. The Morgan fingerprint density at radius 3 is 2.80 bits per heavy atom. The number of piperidine rings is 1. The van der Waals surface area contributed by atoms with Gasteiger partial charge in [-0.2, -0.15) is 0 Å². The molecule has 0 spiro atoms. The first-order valence-corrected chi connectivity index (χ1v) is 6.16. The van der Waals surface area contributed by atoms with Crippen LogP contribution in [0.15, 0.2) is 0 Å². The molecule has 1 N–H and O–H groups in total. The lowest BCUT2D eigenvalue weighted by Gasteiger charge is -2.40. The molecule has 1 fully saturated rings. The van der Waals surface area contributed by atoms with Crippen LogP contribution in [0.2, 0.25) is 0 Å². The van der Waals surface area contributed by atoms with Crippen LogP contribution in [0.5, 0.6) is 0 Å². The number of rotatable bonds is 5. The predicted molar refractivity (Wildman–Crippen MR) is 64.2 cm³/mol. The van der Waals surface area contributed by atoms with Gasteiger partial charge in [0.25, 0.3) is 0 Å². The number of hydrogen-bond donors (Lipinski definition) is 1. The average Bonchev–Trinajstić information content (AvgIpc) is 2.20. The standard InChI is InChI=1S/C12H26N2O/c1-5-15-7-6-13-12-8-11(3)14(4)9-10(12)2/h10-13H,5-9H2,1-4H3/t10-,11+,12-/m0/s1. The lowest BCUT2D eigenvalue weighted by Crippen LogP contribution is -2.51. The second kappa shape index (κ2) is 6.46. The van der Waals surface area contributed by atoms with Gasteiger partial charge >= 0.3 is 0 Å². The van der Waals surface area contributed by atoms with Crippen molar-refractivity contribution in [1.29, 1.82) is 0 Å². The Bertz CT molecular complexity index is 175. The molecule has 3 heteroatoms. The minimum absolute atomic E-state index is 0.664. The molecule has 0 radical (unpaired) electrons. The van der Waals surface area contributed by atoms with Crippen molar-refractivity contribution < 1.29 is 4.74 Å². The smallest absolute Gasteiger partial charge is 0.0590 e. The quantitative estimate of drug-likeness (QED) is 0.699. The molecule has 0 bridgehead atoms. The Hall–Kier alpha value is -0.120. The van der Waals surface area contributed by atoms with Crippen molar-refractivity contribution in [1.82, 2.24) is 10.2 Å². The summed E-state index contributed by atoms with van der Waals surface area (Å²) in [6, 6.07) is 1.36. The summed E-state index contributed by atoms with van der Waals surface area (Å²) in [5.74, 6) is 0.743. The molecule has 1 saturated heterocycles. The monoisotopic (exact) mass is 214 g/mol. The molecule has 0 saturated carbocycles. The van der Waals surface area contributed by atoms with Crippen LogP contribution in [-0.2, 0) is 4.74 Å². The maximum absolute atomic E-state index is 5.33. The van der Waals surface area contributed by atoms with Gasteiger partial charge in [0.1, 0.15) is 0 Å². The molecule has 1 heterocycles. The second-order valence-electron chi connectivity index (χ2n) is 4.76. The van der Waals surface area contributed by atoms with E-state index in [1.165, 1.54) is 13.0 Å². The zero-order chi connectivity index (χ0) is 11.3. The number of ether oxygens (including phenoxy) is 1. The van der Waals surface area contributed by atoms with E-state index in [9.17, 15) is 0 Å². The average molecular weight is 214 g/mol. The van der Waals surface area contributed by atoms with Crippen LogP contribution in [0.3, 0.4) is 0 Å². The SMILES string of the molecule is CCOCCN[C@H]1C[C@@H](C)N(C)C[C@@H]1C. The lowest BCUT2D eigenvalue weighted by atomic mass is 9.90. The maximum Gasteiger partial charge on any atom is 0.0590 e. The van der Waals surface area contributed by atoms with Crippen molar-refractivity contribution in [3.05, 3.63) is 0 Å². The molecule has 0 unspecified atom stereocenters. The molecular formula is C12H26N2O. The fourth-order valence-electron chi connectivity index (χ4n) is 2.29. The van der Waals surface area contributed by atoms with Crippen molar-refractivity contribution >= 4 is 0 Å². The van der Waals surface area contributed by atoms with E-state index in [0.29, 0.717) is 12.1 Å². The van der Waals surface area contributed by atoms with Crippen molar-refractivity contribution in [3.8, 4) is 0 Å². The highest BCUT2D eigenvalue weighted by atomic mass is 16.5. The molecule has 0 aromatic carbocycles. The second-order valence-corrected chi connectivity index (χ2v) is 4.76. The van der Waals surface area contributed by atoms with Crippen molar-refractivity contribution in [2.45, 2.75) is 39.3 Å². The summed E-state index contributed by atoms with van der Waals surface area (Å²) >= 11 is 0. The van der Waals surface area contributed by atoms with Gasteiger partial charge in [0.2, 0.25) is 0 Å². The van der Waals surface area contributed by atoms with E-state index in [2.05, 4.69) is 31.1 Å². The molecule has 90 valence electrons. The van der Waals surface area contributed by atoms with Gasteiger partial charge in [0.05, 0.1) is 6.61 Å². The van der Waals surface area contributed by atoms with Crippen LogP contribution >= 0.6 is 0 Å². The van der Waals surface area contributed by atoms with E-state index in [-0.39, 0.29) is 0 Å². The molecule has 1 aliphatic rings. The summed E-state index contributed by atoms with van der Waals surface area (Å²) < 4.78 is 5.33. The number of hydrogen-bond acceptors (Lipinski definition) is 3. The first-order valence-electron chi connectivity index (χ1n) is 6.16. The van der Waals surface area contributed by atoms with Gasteiger partial charge in [-0.15, -0.1) is 0 Å². The molecule has 1 rings (SSSR count). The van der Waals surface area contributed by atoms with Crippen molar-refractivity contribution in [3.63, 3.8) is 0 Å². The zero-order valence-corrected chi connectivity index (χ0v) is 10.6. The largest absolute Gasteiger partial charge is 0.380 e. The highest BCUT2D eigenvalue weighted by molar-refractivity contribution is 4.85. The van der Waals surface area contributed by atoms with Gasteiger partial charge in [0.15, 0.2) is 0 Å². The summed E-state index contributed by atoms with van der Waals surface area (Å²) in [6.45, 7) is 10.5. The molecule has 0 aliphatic carbocycles. The Morgan fingerprint density at radius 2 is 2.13 bits per heavy atom. The summed E-state index contributed by atoms with van der Waals surface area (Å²) in [5, 5.41) is 3.61. The first kappa shape index (κ1) is 12.9. The normalized spacial score (nSPS) is 33.2. The van der Waals surface area contributed by atoms with Crippen LogP contribution in [0.25, 0.3) is 0 Å². The van der Waals surface area contributed by atoms with E-state index in [1.807, 2.05) is 6.92 Å². The Morgan fingerprint density at radius 1 is 1.40 bits per heavy atom. The molecule has 0 aromatic rings. The van der Waals surface area contributed by atoms with E-state index in [1.54, 1.807) is 0 Å². The molecule has 3 nitrogen and oxygen atoms in total. The minimum Gasteiger partial charge on any atom is -0.380 e. The van der Waals surface area contributed by atoms with Gasteiger partial charge in [-0.1, -0.05) is 6.92 Å². The van der Waals surface area contributed by atoms with Gasteiger partial charge in [0, 0.05) is 31.8 Å². The van der Waals surface area contributed by atoms with Crippen LogP contribution in [0, 0.1) is 5.92 Å². The van der Waals surface area contributed by atoms with Crippen LogP contribution in [0.1, 0.15) is 27.2 Å². The zero-order valence-electron chi connectivity index (χ0n) is 10.6. The fraction of sp³-hybridized carbons (Fsp3) is 1.00. The topological polar surface area (TPSA) is 24.5 Å². The Labute approximate surface area is 94.2 Å². The highest BCUT2D eigenvalue weighted by Gasteiger charge is 2.28. The van der Waals surface area contributed by atoms with Crippen LogP contribution < -0.4 is 5.32 Å². The Balaban J connectivity index is 2.22. The first-order chi connectivity index (χ1) is 7.15. The third-order valence-electron chi connectivity index (χ3n) is 3.47. The minimum atomic E-state index is 0.664. The predicted octanol–water partition coefficient (Wildman–Crippen LogP) is 1.34. The third kappa shape index (κ3) is 4.09. The summed E-state index contributed by atoms with van der Waals surface area (Å²) in [7, 11) is 2.22. The van der Waals surface area contributed by atoms with Crippen molar-refractivity contribution in [2.24, 2.45) is 5.92 Å². The van der Waals surface area contributed by atoms with Gasteiger partial charge in [-0.3, -0.25) is 0 Å². The third-order valence-corrected chi connectivity index (χ3v) is 3.47. The molecule has 0 amide bonds. The summed E-state index contributed by atoms with van der Waals surface area (Å²) in [4.78, 5) is 2.45. The molecular weight excluding hydrogens is 188 g/mol. The van der Waals surface area contributed by atoms with Gasteiger partial charge < -0.3 is 15.0 Å². The fourth-order valence-corrected chi connectivity index (χ4v) is 2.29.